The topological polar surface area (TPSA) is 117 Å². The van der Waals surface area contributed by atoms with Gasteiger partial charge in [-0.1, -0.05) is 23.7 Å². The number of anilines is 2. The first-order valence-electron chi connectivity index (χ1n) is 6.95. The summed E-state index contributed by atoms with van der Waals surface area (Å²) in [7, 11) is -3.34. The second kappa shape index (κ2) is 6.01. The lowest BCUT2D eigenvalue weighted by molar-refractivity contribution is 0.602. The number of aromatic nitrogens is 3. The van der Waals surface area contributed by atoms with Crippen LogP contribution in [0, 0.1) is 5.82 Å². The van der Waals surface area contributed by atoms with Gasteiger partial charge in [0.1, 0.15) is 5.82 Å². The molecule has 0 amide bonds. The Bertz CT molecular complexity index is 1040. The van der Waals surface area contributed by atoms with Crippen LogP contribution in [0.25, 0.3) is 16.8 Å². The van der Waals surface area contributed by atoms with E-state index in [1.165, 1.54) is 41.1 Å². The monoisotopic (exact) mass is 381 g/mol. The molecule has 7 nitrogen and oxygen atoms in total. The summed E-state index contributed by atoms with van der Waals surface area (Å²) in [5.41, 5.74) is 12.0. The molecule has 0 spiro atoms. The smallest absolute Gasteiger partial charge is 0.241 e. The van der Waals surface area contributed by atoms with Gasteiger partial charge in [0.2, 0.25) is 11.9 Å². The molecule has 0 unspecified atom stereocenters. The lowest BCUT2D eigenvalue weighted by Gasteiger charge is -2.10. The molecule has 1 aromatic heterocycles. The molecule has 1 heterocycles. The van der Waals surface area contributed by atoms with E-state index in [1.54, 1.807) is 0 Å². The predicted octanol–water partition coefficient (Wildman–Crippen LogP) is 2.29. The Kier molecular flexibility index (Phi) is 4.13. The third-order valence-corrected chi connectivity index (χ3v) is 4.92. The maximum absolute atomic E-state index is 14.6. The van der Waals surface area contributed by atoms with E-state index < -0.39 is 15.7 Å². The van der Waals surface area contributed by atoms with Crippen LogP contribution < -0.4 is 11.5 Å². The number of rotatable bonds is 3. The fourth-order valence-corrected chi connectivity index (χ4v) is 3.30. The molecule has 4 N–H and O–H groups in total. The Morgan fingerprint density at radius 2 is 1.80 bits per heavy atom. The van der Waals surface area contributed by atoms with Crippen molar-refractivity contribution in [3.8, 4) is 16.8 Å². The van der Waals surface area contributed by atoms with E-state index in [0.717, 1.165) is 6.26 Å². The van der Waals surface area contributed by atoms with Crippen molar-refractivity contribution in [1.29, 1.82) is 0 Å². The first kappa shape index (κ1) is 17.2. The molecular formula is C15H13ClFN5O2S. The fourth-order valence-electron chi connectivity index (χ4n) is 2.36. The molecule has 0 aliphatic heterocycles. The van der Waals surface area contributed by atoms with Crippen LogP contribution in [0.3, 0.4) is 0 Å². The minimum atomic E-state index is -3.34. The molecule has 0 saturated carbocycles. The minimum Gasteiger partial charge on any atom is -0.368 e. The van der Waals surface area contributed by atoms with Gasteiger partial charge in [-0.2, -0.15) is 9.67 Å². The molecule has 3 aromatic rings. The molecule has 0 aliphatic carbocycles. The van der Waals surface area contributed by atoms with E-state index >= 15 is 0 Å². The van der Waals surface area contributed by atoms with Crippen molar-refractivity contribution in [3.63, 3.8) is 0 Å². The van der Waals surface area contributed by atoms with Crippen LogP contribution in [-0.2, 0) is 9.84 Å². The van der Waals surface area contributed by atoms with Crippen molar-refractivity contribution in [2.45, 2.75) is 4.90 Å². The van der Waals surface area contributed by atoms with Crippen molar-refractivity contribution >= 4 is 33.3 Å². The Labute approximate surface area is 148 Å². The van der Waals surface area contributed by atoms with E-state index in [9.17, 15) is 12.8 Å². The number of hydrogen-bond donors (Lipinski definition) is 2. The van der Waals surface area contributed by atoms with Crippen molar-refractivity contribution in [3.05, 3.63) is 47.2 Å². The van der Waals surface area contributed by atoms with E-state index in [-0.39, 0.29) is 33.1 Å². The molecule has 25 heavy (non-hydrogen) atoms. The third-order valence-electron chi connectivity index (χ3n) is 3.49. The van der Waals surface area contributed by atoms with E-state index in [2.05, 4.69) is 10.1 Å². The maximum Gasteiger partial charge on any atom is 0.241 e. The fraction of sp³-hybridized carbons (Fsp3) is 0.0667. The van der Waals surface area contributed by atoms with Crippen LogP contribution in [-0.4, -0.2) is 29.4 Å². The summed E-state index contributed by atoms with van der Waals surface area (Å²) in [6, 6.07) is 8.42. The number of nitrogens with zero attached hydrogens (tertiary/aromatic N) is 3. The van der Waals surface area contributed by atoms with Crippen molar-refractivity contribution in [2.24, 2.45) is 0 Å². The molecule has 2 aromatic carbocycles. The summed E-state index contributed by atoms with van der Waals surface area (Å²) in [6.07, 6.45) is 1.10. The zero-order chi connectivity index (χ0) is 18.4. The summed E-state index contributed by atoms with van der Waals surface area (Å²) < 4.78 is 38.8. The van der Waals surface area contributed by atoms with Gasteiger partial charge in [-0.3, -0.25) is 0 Å². The van der Waals surface area contributed by atoms with Gasteiger partial charge < -0.3 is 11.5 Å². The highest BCUT2D eigenvalue weighted by molar-refractivity contribution is 7.90. The summed E-state index contributed by atoms with van der Waals surface area (Å²) in [4.78, 5) is 3.88. The van der Waals surface area contributed by atoms with E-state index in [4.69, 9.17) is 23.1 Å². The summed E-state index contributed by atoms with van der Waals surface area (Å²) in [5.74, 6) is -0.671. The molecule has 10 heteroatoms. The number of nitrogen functional groups attached to an aromatic ring is 2. The number of nitrogens with two attached hydrogens (primary N) is 2. The highest BCUT2D eigenvalue weighted by Gasteiger charge is 2.16. The number of sulfone groups is 1. The van der Waals surface area contributed by atoms with Gasteiger partial charge in [0.25, 0.3) is 0 Å². The second-order valence-electron chi connectivity index (χ2n) is 5.32. The van der Waals surface area contributed by atoms with Gasteiger partial charge in [-0.05, 0) is 23.8 Å². The largest absolute Gasteiger partial charge is 0.368 e. The van der Waals surface area contributed by atoms with Crippen LogP contribution >= 0.6 is 11.6 Å². The van der Waals surface area contributed by atoms with Crippen molar-refractivity contribution < 1.29 is 12.8 Å². The van der Waals surface area contributed by atoms with E-state index in [0.29, 0.717) is 5.56 Å². The molecule has 0 aliphatic rings. The predicted molar refractivity (Wildman–Crippen MR) is 93.7 cm³/mol. The van der Waals surface area contributed by atoms with E-state index in [1.807, 2.05) is 0 Å². The van der Waals surface area contributed by atoms with Crippen LogP contribution in [0.4, 0.5) is 16.3 Å². The third kappa shape index (κ3) is 3.28. The Morgan fingerprint density at radius 1 is 1.16 bits per heavy atom. The highest BCUT2D eigenvalue weighted by Crippen LogP contribution is 2.33. The number of halogens is 2. The average molecular weight is 382 g/mol. The zero-order valence-corrected chi connectivity index (χ0v) is 14.5. The first-order chi connectivity index (χ1) is 11.7. The van der Waals surface area contributed by atoms with Gasteiger partial charge in [-0.15, -0.1) is 5.10 Å². The number of benzene rings is 2. The van der Waals surface area contributed by atoms with Gasteiger partial charge in [0.05, 0.1) is 15.6 Å². The lowest BCUT2D eigenvalue weighted by Crippen LogP contribution is -2.04. The molecule has 0 saturated heterocycles. The van der Waals surface area contributed by atoms with Gasteiger partial charge in [0.15, 0.2) is 9.84 Å². The summed E-state index contributed by atoms with van der Waals surface area (Å²) >= 11 is 6.22. The minimum absolute atomic E-state index is 0.00165. The Hall–Kier alpha value is -2.65. The second-order valence-corrected chi connectivity index (χ2v) is 7.74. The summed E-state index contributed by atoms with van der Waals surface area (Å²) in [6.45, 7) is 0. The van der Waals surface area contributed by atoms with Crippen LogP contribution in [0.2, 0.25) is 5.02 Å². The van der Waals surface area contributed by atoms with Crippen LogP contribution in [0.5, 0.6) is 0 Å². The van der Waals surface area contributed by atoms with Crippen molar-refractivity contribution in [1.82, 2.24) is 14.8 Å². The lowest BCUT2D eigenvalue weighted by atomic mass is 10.0. The Morgan fingerprint density at radius 3 is 2.28 bits per heavy atom. The molecule has 3 rings (SSSR count). The maximum atomic E-state index is 14.6. The Balaban J connectivity index is 2.08. The van der Waals surface area contributed by atoms with Gasteiger partial charge in [0, 0.05) is 17.9 Å². The SMILES string of the molecule is CS(=O)(=O)c1ccc(-c2c(F)cc(-n3nc(N)nc3N)cc2Cl)cc1. The quantitative estimate of drug-likeness (QED) is 0.718. The van der Waals surface area contributed by atoms with Gasteiger partial charge in [-0.25, -0.2) is 12.8 Å². The normalized spacial score (nSPS) is 11.6. The molecule has 0 fully saturated rings. The van der Waals surface area contributed by atoms with Crippen LogP contribution in [0.15, 0.2) is 41.3 Å². The standard InChI is InChI=1S/C15H13ClFN5O2S/c1-25(23,24)10-4-2-8(3-5-10)13-11(16)6-9(7-12(13)17)22-15(19)20-14(18)21-22/h2-7H,1H3,(H4,18,19,20,21). The molecule has 130 valence electrons. The first-order valence-corrected chi connectivity index (χ1v) is 9.21. The van der Waals surface area contributed by atoms with Gasteiger partial charge >= 0.3 is 0 Å². The van der Waals surface area contributed by atoms with Crippen LogP contribution in [0.1, 0.15) is 0 Å². The zero-order valence-electron chi connectivity index (χ0n) is 12.9. The number of hydrogen-bond acceptors (Lipinski definition) is 6. The highest BCUT2D eigenvalue weighted by atomic mass is 35.5. The average Bonchev–Trinajstić information content (AvgIpc) is 2.85. The molecule has 0 bridgehead atoms. The molecular weight excluding hydrogens is 369 g/mol. The van der Waals surface area contributed by atoms with Crippen molar-refractivity contribution in [2.75, 3.05) is 17.7 Å². The molecule has 0 radical (unpaired) electrons. The molecule has 0 atom stereocenters. The summed E-state index contributed by atoms with van der Waals surface area (Å²) in [5, 5.41) is 3.98.